The molecule has 1 aliphatic heterocycles. The number of allylic oxidation sites excluding steroid dienone is 1. The predicted molar refractivity (Wildman–Crippen MR) is 152 cm³/mol. The Bertz CT molecular complexity index is 1440. The van der Waals surface area contributed by atoms with Crippen molar-refractivity contribution in [1.29, 1.82) is 10.7 Å². The van der Waals surface area contributed by atoms with Crippen LogP contribution in [0.1, 0.15) is 50.3 Å². The molecule has 0 atom stereocenters. The molecule has 2 aromatic rings. The molecule has 39 heavy (non-hydrogen) atoms. The minimum Gasteiger partial charge on any atom is -0.493 e. The molecular formula is C28H34N6O4S. The second-order valence-corrected chi connectivity index (χ2v) is 10.9. The van der Waals surface area contributed by atoms with Gasteiger partial charge in [-0.1, -0.05) is 13.3 Å². The summed E-state index contributed by atoms with van der Waals surface area (Å²) in [6, 6.07) is 11.6. The topological polar surface area (TPSA) is 148 Å². The summed E-state index contributed by atoms with van der Waals surface area (Å²) < 4.78 is 34.6. The average Bonchev–Trinajstić information content (AvgIpc) is 2.86. The van der Waals surface area contributed by atoms with Crippen molar-refractivity contribution in [3.05, 3.63) is 64.9 Å². The van der Waals surface area contributed by atoms with E-state index in [9.17, 15) is 13.2 Å². The zero-order chi connectivity index (χ0) is 28.6. The van der Waals surface area contributed by atoms with Crippen molar-refractivity contribution >= 4 is 33.7 Å². The quantitative estimate of drug-likeness (QED) is 0.221. The third-order valence-corrected chi connectivity index (χ3v) is 7.55. The first kappa shape index (κ1) is 29.5. The van der Waals surface area contributed by atoms with Gasteiger partial charge in [0, 0.05) is 36.8 Å². The number of sulfonamides is 1. The van der Waals surface area contributed by atoms with Gasteiger partial charge in [-0.2, -0.15) is 5.26 Å². The number of aliphatic imine (C=N–C) groups is 1. The first-order valence-electron chi connectivity index (χ1n) is 12.7. The number of hydrogen-bond acceptors (Lipinski definition) is 8. The minimum atomic E-state index is -3.91. The second-order valence-electron chi connectivity index (χ2n) is 9.18. The van der Waals surface area contributed by atoms with Gasteiger partial charge < -0.3 is 15.0 Å². The highest BCUT2D eigenvalue weighted by Crippen LogP contribution is 2.26. The fourth-order valence-corrected chi connectivity index (χ4v) is 5.21. The number of benzene rings is 2. The Morgan fingerprint density at radius 3 is 2.64 bits per heavy atom. The van der Waals surface area contributed by atoms with Crippen LogP contribution in [0.3, 0.4) is 0 Å². The summed E-state index contributed by atoms with van der Waals surface area (Å²) >= 11 is 0. The van der Waals surface area contributed by atoms with Crippen molar-refractivity contribution in [2.45, 2.75) is 51.5 Å². The molecule has 0 unspecified atom stereocenters. The standard InChI is InChI=1S/C28H34N6O4S/c1-5-7-12-31-20(4)14-27(35)32-28(30)25-15-24(10-11-26(25)38-6-2)39(36,37)33-22-17-34(18-22)23-9-8-21(16-29)19(3)13-23/h8-15,22,33H,5-7,17-18H2,1-4H3,(H2,30,32,35)/b20-14+,31-12?. The molecule has 10 nitrogen and oxygen atoms in total. The number of anilines is 1. The van der Waals surface area contributed by atoms with E-state index in [1.165, 1.54) is 24.3 Å². The Labute approximate surface area is 230 Å². The molecule has 2 aromatic carbocycles. The maximum Gasteiger partial charge on any atom is 0.251 e. The van der Waals surface area contributed by atoms with Gasteiger partial charge in [0.05, 0.1) is 34.7 Å². The van der Waals surface area contributed by atoms with Crippen molar-refractivity contribution in [3.63, 3.8) is 0 Å². The van der Waals surface area contributed by atoms with E-state index in [1.54, 1.807) is 26.1 Å². The van der Waals surface area contributed by atoms with E-state index in [0.717, 1.165) is 24.1 Å². The number of carbonyl (C=O) groups excluding carboxylic acids is 1. The van der Waals surface area contributed by atoms with E-state index in [1.807, 2.05) is 30.9 Å². The van der Waals surface area contributed by atoms with Crippen LogP contribution >= 0.6 is 0 Å². The molecule has 0 radical (unpaired) electrons. The van der Waals surface area contributed by atoms with Crippen LogP contribution in [0.25, 0.3) is 0 Å². The molecule has 1 aliphatic rings. The van der Waals surface area contributed by atoms with Gasteiger partial charge in [0.15, 0.2) is 0 Å². The molecule has 0 bridgehead atoms. The number of nitrogens with zero attached hydrogens (tertiary/aromatic N) is 3. The first-order chi connectivity index (χ1) is 18.6. The van der Waals surface area contributed by atoms with Crippen LogP contribution in [0, 0.1) is 23.7 Å². The number of aryl methyl sites for hydroxylation is 1. The number of amidine groups is 1. The van der Waals surface area contributed by atoms with Gasteiger partial charge in [-0.3, -0.25) is 15.2 Å². The van der Waals surface area contributed by atoms with E-state index < -0.39 is 15.9 Å². The highest BCUT2D eigenvalue weighted by Gasteiger charge is 2.32. The summed E-state index contributed by atoms with van der Waals surface area (Å²) in [6.45, 7) is 8.61. The van der Waals surface area contributed by atoms with E-state index in [-0.39, 0.29) is 28.1 Å². The van der Waals surface area contributed by atoms with E-state index in [2.05, 4.69) is 21.1 Å². The van der Waals surface area contributed by atoms with Crippen molar-refractivity contribution < 1.29 is 17.9 Å². The maximum atomic E-state index is 13.2. The number of rotatable bonds is 11. The molecule has 11 heteroatoms. The lowest BCUT2D eigenvalue weighted by atomic mass is 10.0. The molecule has 1 heterocycles. The van der Waals surface area contributed by atoms with Gasteiger partial charge >= 0.3 is 0 Å². The zero-order valence-corrected chi connectivity index (χ0v) is 23.4. The van der Waals surface area contributed by atoms with Crippen LogP contribution in [0.15, 0.2) is 58.1 Å². The van der Waals surface area contributed by atoms with Crippen LogP contribution in [-0.4, -0.2) is 52.1 Å². The molecule has 1 fully saturated rings. The monoisotopic (exact) mass is 550 g/mol. The number of unbranched alkanes of at least 4 members (excludes halogenated alkanes) is 1. The Morgan fingerprint density at radius 2 is 2.00 bits per heavy atom. The van der Waals surface area contributed by atoms with Gasteiger partial charge in [-0.15, -0.1) is 0 Å². The van der Waals surface area contributed by atoms with Crippen LogP contribution < -0.4 is 19.7 Å². The molecule has 0 aromatic heterocycles. The van der Waals surface area contributed by atoms with E-state index >= 15 is 0 Å². The Hall–Kier alpha value is -4.01. The number of nitriles is 1. The molecule has 1 saturated heterocycles. The number of ether oxygens (including phenoxy) is 1. The Morgan fingerprint density at radius 1 is 1.26 bits per heavy atom. The molecule has 3 N–H and O–H groups in total. The highest BCUT2D eigenvalue weighted by molar-refractivity contribution is 7.89. The SMILES string of the molecule is CCCC=N/C(C)=C/C(=O)NC(=N)c1cc(S(=O)(=O)NC2CN(c3ccc(C#N)c(C)c3)C2)ccc1OCC. The van der Waals surface area contributed by atoms with Crippen LogP contribution in [0.4, 0.5) is 5.69 Å². The zero-order valence-electron chi connectivity index (χ0n) is 22.6. The van der Waals surface area contributed by atoms with Gasteiger partial charge in [-0.25, -0.2) is 13.1 Å². The van der Waals surface area contributed by atoms with Crippen LogP contribution in [-0.2, 0) is 14.8 Å². The predicted octanol–water partition coefficient (Wildman–Crippen LogP) is 3.65. The first-order valence-corrected chi connectivity index (χ1v) is 14.2. The lowest BCUT2D eigenvalue weighted by molar-refractivity contribution is -0.115. The summed E-state index contributed by atoms with van der Waals surface area (Å²) in [7, 11) is -3.91. The van der Waals surface area contributed by atoms with Crippen molar-refractivity contribution in [1.82, 2.24) is 10.0 Å². The fraction of sp³-hybridized carbons (Fsp3) is 0.357. The molecule has 206 valence electrons. The van der Waals surface area contributed by atoms with Gasteiger partial charge in [-0.05, 0) is 69.2 Å². The number of hydrogen-bond donors (Lipinski definition) is 3. The van der Waals surface area contributed by atoms with Gasteiger partial charge in [0.25, 0.3) is 5.91 Å². The summed E-state index contributed by atoms with van der Waals surface area (Å²) in [5, 5.41) is 20.0. The third-order valence-electron chi connectivity index (χ3n) is 6.03. The molecule has 0 aliphatic carbocycles. The maximum absolute atomic E-state index is 13.2. The van der Waals surface area contributed by atoms with Crippen molar-refractivity contribution in [2.24, 2.45) is 4.99 Å². The summed E-state index contributed by atoms with van der Waals surface area (Å²) in [5.74, 6) is -0.546. The Balaban J connectivity index is 1.71. The minimum absolute atomic E-state index is 0.0384. The lowest BCUT2D eigenvalue weighted by Gasteiger charge is -2.41. The van der Waals surface area contributed by atoms with Crippen LogP contribution in [0.2, 0.25) is 0 Å². The molecular weight excluding hydrogens is 516 g/mol. The molecule has 3 rings (SSSR count). The van der Waals surface area contributed by atoms with Gasteiger partial charge in [0.2, 0.25) is 10.0 Å². The van der Waals surface area contributed by atoms with Gasteiger partial charge in [0.1, 0.15) is 11.6 Å². The van der Waals surface area contributed by atoms with E-state index in [4.69, 9.17) is 15.4 Å². The van der Waals surface area contributed by atoms with Crippen molar-refractivity contribution in [3.8, 4) is 11.8 Å². The summed E-state index contributed by atoms with van der Waals surface area (Å²) in [5.41, 5.74) is 3.04. The third kappa shape index (κ3) is 7.75. The van der Waals surface area contributed by atoms with Crippen molar-refractivity contribution in [2.75, 3.05) is 24.6 Å². The Kier molecular flexibility index (Phi) is 9.98. The molecule has 0 saturated carbocycles. The molecule has 1 amide bonds. The van der Waals surface area contributed by atoms with Crippen LogP contribution in [0.5, 0.6) is 5.75 Å². The van der Waals surface area contributed by atoms with E-state index in [0.29, 0.717) is 31.0 Å². The lowest BCUT2D eigenvalue weighted by Crippen LogP contribution is -2.59. The summed E-state index contributed by atoms with van der Waals surface area (Å²) in [4.78, 5) is 18.6. The second kappa shape index (κ2) is 13.2. The number of amides is 1. The molecule has 0 spiro atoms. The number of nitrogens with one attached hydrogen (secondary N) is 3. The average molecular weight is 551 g/mol. The highest BCUT2D eigenvalue weighted by atomic mass is 32.2. The normalized spacial score (nSPS) is 14.1. The fourth-order valence-electron chi connectivity index (χ4n) is 3.97. The largest absolute Gasteiger partial charge is 0.493 e. The summed E-state index contributed by atoms with van der Waals surface area (Å²) in [6.07, 6.45) is 4.74. The smallest absolute Gasteiger partial charge is 0.251 e. The number of carbonyl (C=O) groups is 1.